The first kappa shape index (κ1) is 24.8. The molecule has 1 aliphatic heterocycles. The number of esters is 1. The van der Waals surface area contributed by atoms with Crippen LogP contribution < -0.4 is 15.0 Å². The Morgan fingerprint density at radius 1 is 1.12 bits per heavy atom. The van der Waals surface area contributed by atoms with Crippen LogP contribution in [0.5, 0.6) is 5.75 Å². The summed E-state index contributed by atoms with van der Waals surface area (Å²) >= 11 is 0. The Morgan fingerprint density at radius 2 is 1.79 bits per heavy atom. The van der Waals surface area contributed by atoms with Gasteiger partial charge in [0, 0.05) is 37.5 Å². The van der Waals surface area contributed by atoms with Gasteiger partial charge in [-0.3, -0.25) is 19.2 Å². The first-order valence-electron chi connectivity index (χ1n) is 10.9. The van der Waals surface area contributed by atoms with Gasteiger partial charge in [0.15, 0.2) is 6.61 Å². The summed E-state index contributed by atoms with van der Waals surface area (Å²) in [6, 6.07) is 12.7. The van der Waals surface area contributed by atoms with Crippen LogP contribution in [-0.4, -0.2) is 62.4 Å². The van der Waals surface area contributed by atoms with Crippen LogP contribution in [0.1, 0.15) is 17.5 Å². The summed E-state index contributed by atoms with van der Waals surface area (Å²) in [6.45, 7) is 3.25. The van der Waals surface area contributed by atoms with E-state index in [2.05, 4.69) is 5.32 Å². The summed E-state index contributed by atoms with van der Waals surface area (Å²) in [5.74, 6) is -1.77. The highest BCUT2D eigenvalue weighted by Gasteiger charge is 2.36. The van der Waals surface area contributed by atoms with Crippen LogP contribution in [0.25, 0.3) is 0 Å². The summed E-state index contributed by atoms with van der Waals surface area (Å²) in [5, 5.41) is 2.81. The van der Waals surface area contributed by atoms with Crippen LogP contribution in [-0.2, 0) is 23.9 Å². The van der Waals surface area contributed by atoms with E-state index in [1.165, 1.54) is 24.0 Å². The minimum absolute atomic E-state index is 0.00173. The highest BCUT2D eigenvalue weighted by Crippen LogP contribution is 2.28. The lowest BCUT2D eigenvalue weighted by molar-refractivity contribution is -0.155. The van der Waals surface area contributed by atoms with E-state index >= 15 is 0 Å². The number of carbonyl (C=O) groups excluding carboxylic acids is 4. The Labute approximate surface area is 198 Å². The minimum Gasteiger partial charge on any atom is -0.497 e. The Bertz CT molecular complexity index is 1080. The molecule has 0 aliphatic carbocycles. The highest BCUT2D eigenvalue weighted by atomic mass is 16.5. The van der Waals surface area contributed by atoms with Gasteiger partial charge in [-0.2, -0.15) is 0 Å². The predicted octanol–water partition coefficient (Wildman–Crippen LogP) is 2.31. The number of aryl methyl sites for hydroxylation is 2. The Balaban J connectivity index is 1.49. The standard InChI is InChI=1S/C25H29N3O6/c1-16-7-5-8-17(2)24(16)26-21(29)14-27(3)23(31)15-34-25(32)18-11-22(30)28(13-18)19-9-6-10-20(12-19)33-4/h5-10,12,18H,11,13-15H2,1-4H3,(H,26,29). The Morgan fingerprint density at radius 3 is 2.47 bits per heavy atom. The van der Waals surface area contributed by atoms with Crippen molar-refractivity contribution in [3.8, 4) is 5.75 Å². The van der Waals surface area contributed by atoms with Gasteiger partial charge in [-0.25, -0.2) is 0 Å². The fourth-order valence-electron chi connectivity index (χ4n) is 3.75. The molecule has 1 fully saturated rings. The monoisotopic (exact) mass is 467 g/mol. The second-order valence-corrected chi connectivity index (χ2v) is 8.28. The number of anilines is 2. The van der Waals surface area contributed by atoms with Crippen molar-refractivity contribution < 1.29 is 28.7 Å². The van der Waals surface area contributed by atoms with Gasteiger partial charge in [0.25, 0.3) is 5.91 Å². The van der Waals surface area contributed by atoms with Crippen LogP contribution in [0.2, 0.25) is 0 Å². The zero-order valence-corrected chi connectivity index (χ0v) is 19.8. The molecule has 0 saturated carbocycles. The van der Waals surface area contributed by atoms with Crippen LogP contribution in [0.4, 0.5) is 11.4 Å². The molecule has 0 spiro atoms. The van der Waals surface area contributed by atoms with Crippen LogP contribution in [0, 0.1) is 19.8 Å². The number of amides is 3. The lowest BCUT2D eigenvalue weighted by Crippen LogP contribution is -2.38. The van der Waals surface area contributed by atoms with Crippen molar-refractivity contribution in [2.24, 2.45) is 5.92 Å². The van der Waals surface area contributed by atoms with Crippen LogP contribution in [0.15, 0.2) is 42.5 Å². The van der Waals surface area contributed by atoms with Crippen molar-refractivity contribution in [1.29, 1.82) is 0 Å². The number of nitrogens with one attached hydrogen (secondary N) is 1. The van der Waals surface area contributed by atoms with Gasteiger partial charge in [0.1, 0.15) is 5.75 Å². The number of ether oxygens (including phenoxy) is 2. The van der Waals surface area contributed by atoms with E-state index in [9.17, 15) is 19.2 Å². The quantitative estimate of drug-likeness (QED) is 0.598. The third-order valence-corrected chi connectivity index (χ3v) is 5.71. The van der Waals surface area contributed by atoms with Gasteiger partial charge in [0.05, 0.1) is 19.6 Å². The molecule has 2 aromatic carbocycles. The van der Waals surface area contributed by atoms with Gasteiger partial charge in [0.2, 0.25) is 11.8 Å². The summed E-state index contributed by atoms with van der Waals surface area (Å²) in [4.78, 5) is 52.3. The Hall–Kier alpha value is -3.88. The van der Waals surface area contributed by atoms with Gasteiger partial charge < -0.3 is 24.6 Å². The molecule has 0 radical (unpaired) electrons. The number of nitrogens with zero attached hydrogens (tertiary/aromatic N) is 2. The van der Waals surface area contributed by atoms with E-state index in [0.29, 0.717) is 17.1 Å². The maximum atomic E-state index is 12.5. The average molecular weight is 468 g/mol. The smallest absolute Gasteiger partial charge is 0.311 e. The molecular formula is C25H29N3O6. The van der Waals surface area contributed by atoms with Crippen molar-refractivity contribution in [3.63, 3.8) is 0 Å². The molecule has 0 bridgehead atoms. The minimum atomic E-state index is -0.677. The number of para-hydroxylation sites is 1. The van der Waals surface area contributed by atoms with Gasteiger partial charge in [-0.05, 0) is 37.1 Å². The van der Waals surface area contributed by atoms with Gasteiger partial charge in [-0.15, -0.1) is 0 Å². The number of benzene rings is 2. The summed E-state index contributed by atoms with van der Waals surface area (Å²) in [5.41, 5.74) is 3.19. The fourth-order valence-corrected chi connectivity index (χ4v) is 3.75. The molecule has 3 rings (SSSR count). The molecule has 180 valence electrons. The van der Waals surface area contributed by atoms with E-state index < -0.39 is 24.4 Å². The first-order chi connectivity index (χ1) is 16.2. The van der Waals surface area contributed by atoms with Crippen molar-refractivity contribution in [2.75, 3.05) is 44.1 Å². The molecule has 9 heteroatoms. The summed E-state index contributed by atoms with van der Waals surface area (Å²) in [6.07, 6.45) is -0.00173. The molecule has 3 amide bonds. The second kappa shape index (κ2) is 10.8. The molecule has 34 heavy (non-hydrogen) atoms. The maximum Gasteiger partial charge on any atom is 0.311 e. The average Bonchev–Trinajstić information content (AvgIpc) is 3.21. The van der Waals surface area contributed by atoms with E-state index in [0.717, 1.165) is 11.1 Å². The number of carbonyl (C=O) groups is 4. The predicted molar refractivity (Wildman–Crippen MR) is 127 cm³/mol. The van der Waals surface area contributed by atoms with E-state index in [1.807, 2.05) is 32.0 Å². The van der Waals surface area contributed by atoms with Gasteiger partial charge >= 0.3 is 5.97 Å². The highest BCUT2D eigenvalue weighted by molar-refractivity contribution is 6.00. The molecular weight excluding hydrogens is 438 g/mol. The second-order valence-electron chi connectivity index (χ2n) is 8.28. The molecule has 1 atom stereocenters. The largest absolute Gasteiger partial charge is 0.497 e. The first-order valence-corrected chi connectivity index (χ1v) is 10.9. The number of hydrogen-bond donors (Lipinski definition) is 1. The molecule has 9 nitrogen and oxygen atoms in total. The lowest BCUT2D eigenvalue weighted by atomic mass is 10.1. The number of rotatable bonds is 8. The molecule has 0 aromatic heterocycles. The summed E-state index contributed by atoms with van der Waals surface area (Å²) in [7, 11) is 3.00. The zero-order valence-electron chi connectivity index (χ0n) is 19.8. The molecule has 1 saturated heterocycles. The number of likely N-dealkylation sites (N-methyl/N-ethyl adjacent to an activating group) is 1. The van der Waals surface area contributed by atoms with E-state index in [4.69, 9.17) is 9.47 Å². The van der Waals surface area contributed by atoms with Crippen molar-refractivity contribution >= 4 is 35.1 Å². The molecule has 1 heterocycles. The third kappa shape index (κ3) is 5.92. The van der Waals surface area contributed by atoms with Gasteiger partial charge in [-0.1, -0.05) is 24.3 Å². The molecule has 1 aliphatic rings. The third-order valence-electron chi connectivity index (χ3n) is 5.71. The summed E-state index contributed by atoms with van der Waals surface area (Å²) < 4.78 is 10.3. The molecule has 1 unspecified atom stereocenters. The number of hydrogen-bond acceptors (Lipinski definition) is 6. The SMILES string of the molecule is COc1cccc(N2CC(C(=O)OCC(=O)N(C)CC(=O)Nc3c(C)cccc3C)CC2=O)c1. The zero-order chi connectivity index (χ0) is 24.8. The normalized spacial score (nSPS) is 15.1. The molecule has 2 aromatic rings. The fraction of sp³-hybridized carbons (Fsp3) is 0.360. The number of methoxy groups -OCH3 is 1. The topological polar surface area (TPSA) is 105 Å². The van der Waals surface area contributed by atoms with E-state index in [1.54, 1.807) is 24.3 Å². The van der Waals surface area contributed by atoms with E-state index in [-0.39, 0.29) is 31.3 Å². The Kier molecular flexibility index (Phi) is 7.88. The lowest BCUT2D eigenvalue weighted by Gasteiger charge is -2.19. The molecule has 1 N–H and O–H groups in total. The van der Waals surface area contributed by atoms with Crippen LogP contribution in [0.3, 0.4) is 0 Å². The van der Waals surface area contributed by atoms with Crippen molar-refractivity contribution in [1.82, 2.24) is 4.90 Å². The van der Waals surface area contributed by atoms with Crippen molar-refractivity contribution in [3.05, 3.63) is 53.6 Å². The maximum absolute atomic E-state index is 12.5. The van der Waals surface area contributed by atoms with Crippen molar-refractivity contribution in [2.45, 2.75) is 20.3 Å². The van der Waals surface area contributed by atoms with Crippen LogP contribution >= 0.6 is 0 Å².